The summed E-state index contributed by atoms with van der Waals surface area (Å²) >= 11 is 0. The van der Waals surface area contributed by atoms with E-state index in [0.29, 0.717) is 11.3 Å². The Kier molecular flexibility index (Phi) is 7.87. The predicted molar refractivity (Wildman–Crippen MR) is 100 cm³/mol. The van der Waals surface area contributed by atoms with Gasteiger partial charge in [0.15, 0.2) is 5.96 Å². The Hall–Kier alpha value is -0.580. The Labute approximate surface area is 144 Å². The van der Waals surface area contributed by atoms with E-state index in [2.05, 4.69) is 22.5 Å². The molecule has 0 aliphatic heterocycles. The van der Waals surface area contributed by atoms with Gasteiger partial charge in [-0.1, -0.05) is 33.1 Å². The van der Waals surface area contributed by atoms with Crippen LogP contribution in [0.5, 0.6) is 0 Å². The summed E-state index contributed by atoms with van der Waals surface area (Å²) in [6.07, 6.45) is 9.88. The second-order valence-corrected chi connectivity index (χ2v) is 9.38. The Morgan fingerprint density at radius 3 is 2.57 bits per heavy atom. The van der Waals surface area contributed by atoms with E-state index in [0.717, 1.165) is 42.9 Å². The SMILES string of the molecule is CCS(=O)C1CCCC(NC(=NC)NCC2CCC(C)CC2)C1. The van der Waals surface area contributed by atoms with Crippen LogP contribution in [0, 0.1) is 11.8 Å². The van der Waals surface area contributed by atoms with E-state index < -0.39 is 10.8 Å². The largest absolute Gasteiger partial charge is 0.356 e. The first-order valence-corrected chi connectivity index (χ1v) is 10.8. The van der Waals surface area contributed by atoms with Gasteiger partial charge in [-0.15, -0.1) is 0 Å². The number of hydrogen-bond donors (Lipinski definition) is 2. The summed E-state index contributed by atoms with van der Waals surface area (Å²) < 4.78 is 12.1. The highest BCUT2D eigenvalue weighted by Crippen LogP contribution is 2.27. The molecule has 2 rings (SSSR count). The molecule has 0 radical (unpaired) electrons. The smallest absolute Gasteiger partial charge is 0.191 e. The molecule has 2 saturated carbocycles. The average molecular weight is 342 g/mol. The van der Waals surface area contributed by atoms with Gasteiger partial charge in [0.05, 0.1) is 0 Å². The highest BCUT2D eigenvalue weighted by molar-refractivity contribution is 7.85. The molecular weight excluding hydrogens is 306 g/mol. The van der Waals surface area contributed by atoms with Gasteiger partial charge in [0.1, 0.15) is 0 Å². The van der Waals surface area contributed by atoms with Crippen LogP contribution in [0.15, 0.2) is 4.99 Å². The summed E-state index contributed by atoms with van der Waals surface area (Å²) in [5.41, 5.74) is 0. The Balaban J connectivity index is 1.74. The molecule has 2 N–H and O–H groups in total. The van der Waals surface area contributed by atoms with Crippen molar-refractivity contribution in [2.24, 2.45) is 16.8 Å². The van der Waals surface area contributed by atoms with Gasteiger partial charge in [0.2, 0.25) is 0 Å². The van der Waals surface area contributed by atoms with Gasteiger partial charge in [0.25, 0.3) is 0 Å². The van der Waals surface area contributed by atoms with Gasteiger partial charge in [-0.05, 0) is 43.9 Å². The third-order valence-corrected chi connectivity index (χ3v) is 7.28. The maximum absolute atomic E-state index is 12.1. The molecule has 4 nitrogen and oxygen atoms in total. The quantitative estimate of drug-likeness (QED) is 0.597. The molecule has 2 fully saturated rings. The number of nitrogens with one attached hydrogen (secondary N) is 2. The van der Waals surface area contributed by atoms with Crippen LogP contribution in [0.4, 0.5) is 0 Å². The minimum Gasteiger partial charge on any atom is -0.356 e. The lowest BCUT2D eigenvalue weighted by atomic mass is 9.83. The molecule has 0 aromatic carbocycles. The molecule has 2 aliphatic rings. The molecule has 0 aromatic rings. The topological polar surface area (TPSA) is 53.5 Å². The Morgan fingerprint density at radius 2 is 1.91 bits per heavy atom. The maximum atomic E-state index is 12.1. The zero-order valence-electron chi connectivity index (χ0n) is 15.1. The molecule has 0 spiro atoms. The summed E-state index contributed by atoms with van der Waals surface area (Å²) in [6, 6.07) is 0.418. The fourth-order valence-electron chi connectivity index (χ4n) is 3.91. The van der Waals surface area contributed by atoms with Crippen LogP contribution < -0.4 is 10.6 Å². The van der Waals surface area contributed by atoms with E-state index >= 15 is 0 Å². The fraction of sp³-hybridized carbons (Fsp3) is 0.944. The summed E-state index contributed by atoms with van der Waals surface area (Å²) in [6.45, 7) is 5.42. The van der Waals surface area contributed by atoms with Crippen molar-refractivity contribution in [2.75, 3.05) is 19.3 Å². The molecule has 0 heterocycles. The summed E-state index contributed by atoms with van der Waals surface area (Å²) in [5, 5.41) is 7.45. The molecule has 0 bridgehead atoms. The first-order valence-electron chi connectivity index (χ1n) is 9.46. The molecule has 23 heavy (non-hydrogen) atoms. The van der Waals surface area contributed by atoms with Gasteiger partial charge in [-0.2, -0.15) is 0 Å². The molecule has 134 valence electrons. The molecule has 3 unspecified atom stereocenters. The lowest BCUT2D eigenvalue weighted by Crippen LogP contribution is -2.47. The number of rotatable bonds is 5. The first-order chi connectivity index (χ1) is 11.1. The standard InChI is InChI=1S/C18H35N3OS/c1-4-23(22)17-7-5-6-16(12-17)21-18(19-3)20-13-15-10-8-14(2)9-11-15/h14-17H,4-13H2,1-3H3,(H2,19,20,21). The fourth-order valence-corrected chi connectivity index (χ4v) is 5.26. The number of nitrogens with zero attached hydrogens (tertiary/aromatic N) is 1. The highest BCUT2D eigenvalue weighted by Gasteiger charge is 2.26. The van der Waals surface area contributed by atoms with E-state index in [-0.39, 0.29) is 0 Å². The van der Waals surface area contributed by atoms with Crippen molar-refractivity contribution in [3.8, 4) is 0 Å². The molecule has 0 saturated heterocycles. The third kappa shape index (κ3) is 6.09. The number of aliphatic imine (C=N–C) groups is 1. The maximum Gasteiger partial charge on any atom is 0.191 e. The van der Waals surface area contributed by atoms with Crippen LogP contribution in [0.1, 0.15) is 65.2 Å². The van der Waals surface area contributed by atoms with Crippen LogP contribution in [-0.4, -0.2) is 40.8 Å². The lowest BCUT2D eigenvalue weighted by Gasteiger charge is -2.31. The van der Waals surface area contributed by atoms with Crippen molar-refractivity contribution >= 4 is 16.8 Å². The van der Waals surface area contributed by atoms with Crippen molar-refractivity contribution in [3.05, 3.63) is 0 Å². The van der Waals surface area contributed by atoms with Crippen molar-refractivity contribution < 1.29 is 4.21 Å². The van der Waals surface area contributed by atoms with Gasteiger partial charge < -0.3 is 10.6 Å². The van der Waals surface area contributed by atoms with Crippen LogP contribution in [-0.2, 0) is 10.8 Å². The van der Waals surface area contributed by atoms with Crippen LogP contribution >= 0.6 is 0 Å². The normalized spacial score (nSPS) is 34.0. The van der Waals surface area contributed by atoms with E-state index in [4.69, 9.17) is 0 Å². The minimum atomic E-state index is -0.662. The van der Waals surface area contributed by atoms with Crippen LogP contribution in [0.3, 0.4) is 0 Å². The molecule has 5 heteroatoms. The van der Waals surface area contributed by atoms with Gasteiger partial charge in [-0.3, -0.25) is 9.20 Å². The van der Waals surface area contributed by atoms with Crippen LogP contribution in [0.2, 0.25) is 0 Å². The predicted octanol–water partition coefficient (Wildman–Crippen LogP) is 3.06. The van der Waals surface area contributed by atoms with Gasteiger partial charge in [-0.25, -0.2) is 0 Å². The molecule has 0 amide bonds. The molecule has 0 aromatic heterocycles. The minimum absolute atomic E-state index is 0.365. The lowest BCUT2D eigenvalue weighted by molar-refractivity contribution is 0.289. The number of guanidine groups is 1. The molecule has 2 aliphatic carbocycles. The van der Waals surface area contributed by atoms with E-state index in [1.165, 1.54) is 38.5 Å². The second-order valence-electron chi connectivity index (χ2n) is 7.38. The Morgan fingerprint density at radius 1 is 1.17 bits per heavy atom. The third-order valence-electron chi connectivity index (χ3n) is 5.54. The van der Waals surface area contributed by atoms with Crippen molar-refractivity contribution in [1.82, 2.24) is 10.6 Å². The van der Waals surface area contributed by atoms with Gasteiger partial charge in [0, 0.05) is 41.4 Å². The first kappa shape index (κ1) is 18.8. The monoisotopic (exact) mass is 341 g/mol. The van der Waals surface area contributed by atoms with Crippen LogP contribution in [0.25, 0.3) is 0 Å². The van der Waals surface area contributed by atoms with Crippen molar-refractivity contribution in [1.29, 1.82) is 0 Å². The Bertz CT molecular complexity index is 405. The summed E-state index contributed by atoms with van der Waals surface area (Å²) in [4.78, 5) is 4.39. The molecular formula is C18H35N3OS. The average Bonchev–Trinajstić information content (AvgIpc) is 2.59. The molecule has 3 atom stereocenters. The van der Waals surface area contributed by atoms with E-state index in [9.17, 15) is 4.21 Å². The highest BCUT2D eigenvalue weighted by atomic mass is 32.2. The van der Waals surface area contributed by atoms with Crippen molar-refractivity contribution in [3.63, 3.8) is 0 Å². The van der Waals surface area contributed by atoms with E-state index in [1.54, 1.807) is 0 Å². The zero-order valence-corrected chi connectivity index (χ0v) is 16.0. The second kappa shape index (κ2) is 9.65. The van der Waals surface area contributed by atoms with Gasteiger partial charge >= 0.3 is 0 Å². The van der Waals surface area contributed by atoms with Crippen molar-refractivity contribution in [2.45, 2.75) is 76.5 Å². The summed E-state index contributed by atoms with van der Waals surface area (Å²) in [7, 11) is 1.19. The number of hydrogen-bond acceptors (Lipinski definition) is 2. The summed E-state index contributed by atoms with van der Waals surface area (Å²) in [5.74, 6) is 3.40. The zero-order chi connectivity index (χ0) is 16.7. The van der Waals surface area contributed by atoms with E-state index in [1.807, 2.05) is 14.0 Å².